The Labute approximate surface area is 118 Å². The molecule has 2 N–H and O–H groups in total. The van der Waals surface area contributed by atoms with Crippen LogP contribution in [-0.4, -0.2) is 4.92 Å². The second-order valence-corrected chi connectivity index (χ2v) is 4.74. The van der Waals surface area contributed by atoms with Gasteiger partial charge in [0.2, 0.25) is 0 Å². The first-order valence-corrected chi connectivity index (χ1v) is 6.43. The molecule has 0 radical (unpaired) electrons. The predicted octanol–water partition coefficient (Wildman–Crippen LogP) is 3.47. The van der Waals surface area contributed by atoms with Crippen molar-refractivity contribution in [1.82, 2.24) is 5.43 Å². The first-order chi connectivity index (χ1) is 9.16. The van der Waals surface area contributed by atoms with Gasteiger partial charge in [-0.15, -0.1) is 0 Å². The molecule has 0 saturated heterocycles. The average Bonchev–Trinajstić information content (AvgIpc) is 2.41. The van der Waals surface area contributed by atoms with E-state index < -0.39 is 4.92 Å². The van der Waals surface area contributed by atoms with E-state index in [-0.39, 0.29) is 5.69 Å². The third-order valence-electron chi connectivity index (χ3n) is 2.51. The molecular formula is C13H12BrN3O2. The van der Waals surface area contributed by atoms with Crippen molar-refractivity contribution in [1.29, 1.82) is 0 Å². The number of hydrogen-bond donors (Lipinski definition) is 2. The lowest BCUT2D eigenvalue weighted by atomic mass is 10.2. The monoisotopic (exact) mass is 321 g/mol. The Bertz CT molecular complexity index is 575. The first kappa shape index (κ1) is 13.5. The van der Waals surface area contributed by atoms with E-state index in [0.717, 1.165) is 11.3 Å². The van der Waals surface area contributed by atoms with E-state index in [9.17, 15) is 10.1 Å². The van der Waals surface area contributed by atoms with Crippen molar-refractivity contribution in [3.63, 3.8) is 0 Å². The Morgan fingerprint density at radius 2 is 1.89 bits per heavy atom. The van der Waals surface area contributed by atoms with E-state index in [1.165, 1.54) is 0 Å². The summed E-state index contributed by atoms with van der Waals surface area (Å²) in [5.41, 5.74) is 7.88. The van der Waals surface area contributed by atoms with Crippen LogP contribution in [0.25, 0.3) is 0 Å². The Morgan fingerprint density at radius 3 is 2.58 bits per heavy atom. The molecule has 6 heteroatoms. The van der Waals surface area contributed by atoms with Gasteiger partial charge >= 0.3 is 0 Å². The summed E-state index contributed by atoms with van der Waals surface area (Å²) in [4.78, 5) is 10.4. The number of hydrazine groups is 1. The van der Waals surface area contributed by atoms with Crippen LogP contribution >= 0.6 is 15.9 Å². The molecule has 0 aliphatic rings. The number of hydrogen-bond acceptors (Lipinski definition) is 4. The minimum atomic E-state index is -0.405. The molecule has 0 amide bonds. The Balaban J connectivity index is 1.97. The summed E-state index contributed by atoms with van der Waals surface area (Å²) in [6.07, 6.45) is 0. The van der Waals surface area contributed by atoms with Gasteiger partial charge in [0, 0.05) is 18.3 Å². The number of nitro groups is 1. The van der Waals surface area contributed by atoms with Crippen LogP contribution in [0.1, 0.15) is 5.56 Å². The minimum Gasteiger partial charge on any atom is -0.321 e. The first-order valence-electron chi connectivity index (χ1n) is 5.63. The molecule has 0 aliphatic carbocycles. The van der Waals surface area contributed by atoms with E-state index >= 15 is 0 Å². The van der Waals surface area contributed by atoms with Crippen molar-refractivity contribution < 1.29 is 4.92 Å². The molecular weight excluding hydrogens is 310 g/mol. The second-order valence-electron chi connectivity index (χ2n) is 3.89. The van der Waals surface area contributed by atoms with Crippen molar-refractivity contribution in [3.05, 3.63) is 68.7 Å². The number of halogens is 1. The molecule has 5 nitrogen and oxygen atoms in total. The normalized spacial score (nSPS) is 10.2. The van der Waals surface area contributed by atoms with Crippen molar-refractivity contribution in [2.75, 3.05) is 5.43 Å². The standard InChI is InChI=1S/C13H12BrN3O2/c14-12-7-6-10(8-13(12)17(18)19)9-15-16-11-4-2-1-3-5-11/h1-8,15-16H,9H2. The van der Waals surface area contributed by atoms with Crippen molar-refractivity contribution in [2.24, 2.45) is 0 Å². The molecule has 0 spiro atoms. The average molecular weight is 322 g/mol. The molecule has 0 heterocycles. The van der Waals surface area contributed by atoms with Gasteiger partial charge in [0.15, 0.2) is 0 Å². The Morgan fingerprint density at radius 1 is 1.16 bits per heavy atom. The number of nitrogens with zero attached hydrogens (tertiary/aromatic N) is 1. The molecule has 0 aromatic heterocycles. The van der Waals surface area contributed by atoms with Crippen LogP contribution < -0.4 is 10.9 Å². The molecule has 0 bridgehead atoms. The minimum absolute atomic E-state index is 0.0685. The van der Waals surface area contributed by atoms with Crippen molar-refractivity contribution >= 4 is 27.3 Å². The zero-order valence-electron chi connectivity index (χ0n) is 9.97. The van der Waals surface area contributed by atoms with Crippen LogP contribution in [0.5, 0.6) is 0 Å². The van der Waals surface area contributed by atoms with E-state index in [1.807, 2.05) is 36.4 Å². The van der Waals surface area contributed by atoms with Gasteiger partial charge in [-0.3, -0.25) is 10.1 Å². The molecule has 19 heavy (non-hydrogen) atoms. The fourth-order valence-corrected chi connectivity index (χ4v) is 1.97. The molecule has 0 atom stereocenters. The van der Waals surface area contributed by atoms with Crippen LogP contribution in [0.3, 0.4) is 0 Å². The quantitative estimate of drug-likeness (QED) is 0.653. The zero-order chi connectivity index (χ0) is 13.7. The summed E-state index contributed by atoms with van der Waals surface area (Å²) < 4.78 is 0.484. The van der Waals surface area contributed by atoms with Gasteiger partial charge in [-0.05, 0) is 39.7 Å². The van der Waals surface area contributed by atoms with Crippen LogP contribution in [0, 0.1) is 10.1 Å². The number of nitrogens with one attached hydrogen (secondary N) is 2. The van der Waals surface area contributed by atoms with Crippen LogP contribution in [0.2, 0.25) is 0 Å². The molecule has 2 aromatic rings. The number of para-hydroxylation sites is 1. The molecule has 0 fully saturated rings. The third kappa shape index (κ3) is 3.77. The molecule has 2 rings (SSSR count). The molecule has 0 aliphatic heterocycles. The summed E-state index contributed by atoms with van der Waals surface area (Å²) in [6, 6.07) is 14.7. The van der Waals surface area contributed by atoms with Gasteiger partial charge in [-0.1, -0.05) is 24.3 Å². The maximum Gasteiger partial charge on any atom is 0.283 e. The maximum absolute atomic E-state index is 10.8. The van der Waals surface area contributed by atoms with Gasteiger partial charge in [0.05, 0.1) is 9.40 Å². The van der Waals surface area contributed by atoms with Gasteiger partial charge in [0.25, 0.3) is 5.69 Å². The maximum atomic E-state index is 10.8. The zero-order valence-corrected chi connectivity index (χ0v) is 11.6. The van der Waals surface area contributed by atoms with E-state index in [1.54, 1.807) is 12.1 Å². The predicted molar refractivity (Wildman–Crippen MR) is 77.7 cm³/mol. The highest BCUT2D eigenvalue weighted by Gasteiger charge is 2.11. The number of benzene rings is 2. The molecule has 98 valence electrons. The summed E-state index contributed by atoms with van der Waals surface area (Å²) in [7, 11) is 0. The summed E-state index contributed by atoms with van der Waals surface area (Å²) in [6.45, 7) is 0.489. The van der Waals surface area contributed by atoms with E-state index in [4.69, 9.17) is 0 Å². The third-order valence-corrected chi connectivity index (χ3v) is 3.18. The smallest absolute Gasteiger partial charge is 0.283 e. The van der Waals surface area contributed by atoms with Gasteiger partial charge in [-0.25, -0.2) is 5.43 Å². The molecule has 2 aromatic carbocycles. The lowest BCUT2D eigenvalue weighted by Crippen LogP contribution is -2.20. The van der Waals surface area contributed by atoms with Crippen molar-refractivity contribution in [2.45, 2.75) is 6.54 Å². The topological polar surface area (TPSA) is 67.2 Å². The van der Waals surface area contributed by atoms with E-state index in [0.29, 0.717) is 11.0 Å². The van der Waals surface area contributed by atoms with Crippen LogP contribution in [0.15, 0.2) is 53.0 Å². The number of rotatable bonds is 5. The molecule has 0 saturated carbocycles. The van der Waals surface area contributed by atoms with Gasteiger partial charge in [0.1, 0.15) is 0 Å². The van der Waals surface area contributed by atoms with Gasteiger partial charge < -0.3 is 5.43 Å². The Kier molecular flexibility index (Phi) is 4.48. The molecule has 0 unspecified atom stereocenters. The number of anilines is 1. The SMILES string of the molecule is O=[N+]([O-])c1cc(CNNc2ccccc2)ccc1Br. The highest BCUT2D eigenvalue weighted by atomic mass is 79.9. The second kappa shape index (κ2) is 6.31. The summed E-state index contributed by atoms with van der Waals surface area (Å²) in [5.74, 6) is 0. The van der Waals surface area contributed by atoms with Crippen LogP contribution in [-0.2, 0) is 6.54 Å². The van der Waals surface area contributed by atoms with Crippen LogP contribution in [0.4, 0.5) is 11.4 Å². The summed E-state index contributed by atoms with van der Waals surface area (Å²) >= 11 is 3.16. The lowest BCUT2D eigenvalue weighted by molar-refractivity contribution is -0.385. The van der Waals surface area contributed by atoms with E-state index in [2.05, 4.69) is 26.8 Å². The highest BCUT2D eigenvalue weighted by molar-refractivity contribution is 9.10. The lowest BCUT2D eigenvalue weighted by Gasteiger charge is -2.08. The summed E-state index contributed by atoms with van der Waals surface area (Å²) in [5, 5.41) is 10.8. The largest absolute Gasteiger partial charge is 0.321 e. The number of nitro benzene ring substituents is 1. The highest BCUT2D eigenvalue weighted by Crippen LogP contribution is 2.25. The fraction of sp³-hybridized carbons (Fsp3) is 0.0769. The fourth-order valence-electron chi connectivity index (χ4n) is 1.58. The van der Waals surface area contributed by atoms with Crippen molar-refractivity contribution in [3.8, 4) is 0 Å². The Hall–Kier alpha value is -1.92. The van der Waals surface area contributed by atoms with Gasteiger partial charge in [-0.2, -0.15) is 0 Å².